The summed E-state index contributed by atoms with van der Waals surface area (Å²) >= 11 is 0. The first-order valence-electron chi connectivity index (χ1n) is 5.29. The molecule has 0 radical (unpaired) electrons. The Hall–Kier alpha value is 0.295. The molecule has 0 fully saturated rings. The largest absolute Gasteiger partial charge is 1.00 e. The Morgan fingerprint density at radius 3 is 2.24 bits per heavy atom. The van der Waals surface area contributed by atoms with Gasteiger partial charge < -0.3 is 9.55 Å². The number of imidazole rings is 1. The molecule has 2 aromatic rings. The first-order valence-corrected chi connectivity index (χ1v) is 5.29. The Labute approximate surface area is 154 Å². The smallest absolute Gasteiger partial charge is 0.668 e. The Morgan fingerprint density at radius 1 is 1.29 bits per heavy atom. The number of aryl methyl sites for hydroxylation is 3. The molecule has 2 heterocycles. The van der Waals surface area contributed by atoms with Crippen molar-refractivity contribution in [3.8, 4) is 0 Å². The zero-order chi connectivity index (χ0) is 11.1. The molecular weight excluding hydrogens is 284 g/mol. The average Bonchev–Trinajstić information content (AvgIpc) is 2.88. The van der Waals surface area contributed by atoms with Crippen LogP contribution in [-0.4, -0.2) is 9.55 Å². The molecule has 0 unspecified atom stereocenters. The molecule has 2 rings (SSSR count). The second-order valence-corrected chi connectivity index (χ2v) is 3.37. The molecule has 0 N–H and O–H groups in total. The molecule has 17 heavy (non-hydrogen) atoms. The molecule has 0 saturated heterocycles. The van der Waals surface area contributed by atoms with E-state index in [0.29, 0.717) is 0 Å². The van der Waals surface area contributed by atoms with Crippen LogP contribution in [0.4, 0.5) is 0 Å². The normalized spacial score (nSPS) is 8.41. The number of hydrogen-bond donors (Lipinski definition) is 0. The van der Waals surface area contributed by atoms with E-state index in [1.807, 2.05) is 42.5 Å². The summed E-state index contributed by atoms with van der Waals surface area (Å²) in [6.07, 6.45) is 7.74. The van der Waals surface area contributed by atoms with Gasteiger partial charge in [0.2, 0.25) is 0 Å². The van der Waals surface area contributed by atoms with Gasteiger partial charge in [-0.1, -0.05) is 39.8 Å². The van der Waals surface area contributed by atoms with Gasteiger partial charge in [-0.2, -0.15) is 11.9 Å². The predicted octanol–water partition coefficient (Wildman–Crippen LogP) is -0.171. The van der Waals surface area contributed by atoms with Gasteiger partial charge >= 0.3 is 58.2 Å². The number of aromatic nitrogens is 3. The van der Waals surface area contributed by atoms with Crippen molar-refractivity contribution in [1.82, 2.24) is 14.5 Å². The van der Waals surface area contributed by atoms with E-state index in [0.717, 1.165) is 18.5 Å². The summed E-state index contributed by atoms with van der Waals surface area (Å²) in [4.78, 5) is 8.13. The standard InChI is InChI=1S/C6H10N2.C6H8N.CH4.Rb/c1-3-6-4-8(2)5-7-6;1-2-6-4-3-5-7-6;;/h4-5H,3H2,1-2H3;3-5H,2H2,1H3;1H4;/q;-1;;+1. The van der Waals surface area contributed by atoms with Gasteiger partial charge in [0.25, 0.3) is 0 Å². The SMILES string of the molecule is C.CCc1ccc[n-]1.CCc1cn(C)cn1.[Rb+]. The van der Waals surface area contributed by atoms with Crippen molar-refractivity contribution in [2.24, 2.45) is 7.05 Å². The summed E-state index contributed by atoms with van der Waals surface area (Å²) in [7, 11) is 1.98. The van der Waals surface area contributed by atoms with Crippen molar-refractivity contribution >= 4 is 0 Å². The Kier molecular flexibility index (Phi) is 13.2. The maximum atomic E-state index is 4.10. The number of rotatable bonds is 2. The fourth-order valence-corrected chi connectivity index (χ4v) is 1.19. The molecule has 0 spiro atoms. The minimum atomic E-state index is 0. The molecule has 0 aliphatic heterocycles. The van der Waals surface area contributed by atoms with Gasteiger partial charge in [-0.15, -0.1) is 0 Å². The molecule has 0 atom stereocenters. The van der Waals surface area contributed by atoms with Crippen LogP contribution in [0.1, 0.15) is 32.7 Å². The topological polar surface area (TPSA) is 31.9 Å². The van der Waals surface area contributed by atoms with Crippen LogP contribution in [0.25, 0.3) is 0 Å². The van der Waals surface area contributed by atoms with Crippen molar-refractivity contribution < 1.29 is 58.2 Å². The Balaban J connectivity index is 0. The third-order valence-electron chi connectivity index (χ3n) is 2.10. The molecule has 0 saturated carbocycles. The summed E-state index contributed by atoms with van der Waals surface area (Å²) in [6, 6.07) is 3.98. The molecule has 3 nitrogen and oxygen atoms in total. The molecular formula is C13H22N3Rb. The molecule has 2 aromatic heterocycles. The summed E-state index contributed by atoms with van der Waals surface area (Å²) < 4.78 is 1.96. The molecule has 0 aliphatic carbocycles. The summed E-state index contributed by atoms with van der Waals surface area (Å²) in [5.74, 6) is 0. The van der Waals surface area contributed by atoms with Crippen molar-refractivity contribution in [1.29, 1.82) is 0 Å². The van der Waals surface area contributed by atoms with E-state index in [2.05, 4.69) is 23.8 Å². The van der Waals surface area contributed by atoms with Crippen LogP contribution in [-0.2, 0) is 19.9 Å². The third-order valence-corrected chi connectivity index (χ3v) is 2.10. The van der Waals surface area contributed by atoms with Crippen LogP contribution in [0, 0.1) is 0 Å². The van der Waals surface area contributed by atoms with E-state index in [1.54, 1.807) is 0 Å². The molecule has 4 heteroatoms. The van der Waals surface area contributed by atoms with Gasteiger partial charge in [-0.25, -0.2) is 4.98 Å². The fraction of sp³-hybridized carbons (Fsp3) is 0.462. The fourth-order valence-electron chi connectivity index (χ4n) is 1.19. The minimum absolute atomic E-state index is 0. The van der Waals surface area contributed by atoms with E-state index in [1.165, 1.54) is 5.69 Å². The molecule has 0 aliphatic rings. The summed E-state index contributed by atoms with van der Waals surface area (Å²) in [5, 5.41) is 0. The van der Waals surface area contributed by atoms with Gasteiger partial charge in [0.1, 0.15) is 0 Å². The zero-order valence-corrected chi connectivity index (χ0v) is 15.6. The van der Waals surface area contributed by atoms with Crippen LogP contribution in [0.5, 0.6) is 0 Å². The first kappa shape index (κ1) is 19.6. The maximum Gasteiger partial charge on any atom is 1.00 e. The first-order chi connectivity index (χ1) is 7.26. The molecule has 90 valence electrons. The quantitative estimate of drug-likeness (QED) is 0.771. The summed E-state index contributed by atoms with van der Waals surface area (Å²) in [5.41, 5.74) is 2.34. The predicted molar refractivity (Wildman–Crippen MR) is 68.5 cm³/mol. The van der Waals surface area contributed by atoms with E-state index >= 15 is 0 Å². The van der Waals surface area contributed by atoms with Crippen LogP contribution in [0.2, 0.25) is 0 Å². The van der Waals surface area contributed by atoms with Crippen LogP contribution in [0.3, 0.4) is 0 Å². The van der Waals surface area contributed by atoms with Crippen LogP contribution < -0.4 is 63.2 Å². The van der Waals surface area contributed by atoms with E-state index in [4.69, 9.17) is 0 Å². The van der Waals surface area contributed by atoms with Gasteiger partial charge in [0.15, 0.2) is 0 Å². The van der Waals surface area contributed by atoms with Crippen LogP contribution >= 0.6 is 0 Å². The number of nitrogens with zero attached hydrogens (tertiary/aromatic N) is 3. The van der Waals surface area contributed by atoms with Gasteiger partial charge in [-0.3, -0.25) is 0 Å². The van der Waals surface area contributed by atoms with Gasteiger partial charge in [0, 0.05) is 13.2 Å². The molecule has 0 aromatic carbocycles. The second kappa shape index (κ2) is 11.4. The zero-order valence-electron chi connectivity index (χ0n) is 10.6. The van der Waals surface area contributed by atoms with E-state index in [-0.39, 0.29) is 65.6 Å². The van der Waals surface area contributed by atoms with Crippen molar-refractivity contribution in [2.45, 2.75) is 34.1 Å². The third kappa shape index (κ3) is 8.08. The Bertz CT molecular complexity index is 366. The van der Waals surface area contributed by atoms with Gasteiger partial charge in [-0.05, 0) is 6.42 Å². The Morgan fingerprint density at radius 2 is 2.00 bits per heavy atom. The van der Waals surface area contributed by atoms with E-state index in [9.17, 15) is 0 Å². The van der Waals surface area contributed by atoms with Crippen molar-refractivity contribution in [3.05, 3.63) is 42.2 Å². The maximum absolute atomic E-state index is 4.10. The molecule has 0 bridgehead atoms. The second-order valence-electron chi connectivity index (χ2n) is 3.37. The van der Waals surface area contributed by atoms with E-state index < -0.39 is 0 Å². The van der Waals surface area contributed by atoms with Crippen molar-refractivity contribution in [2.75, 3.05) is 0 Å². The average molecular weight is 306 g/mol. The number of hydrogen-bond acceptors (Lipinski definition) is 1. The van der Waals surface area contributed by atoms with Crippen molar-refractivity contribution in [3.63, 3.8) is 0 Å². The molecule has 0 amide bonds. The monoisotopic (exact) mass is 305 g/mol. The summed E-state index contributed by atoms with van der Waals surface area (Å²) in [6.45, 7) is 4.20. The van der Waals surface area contributed by atoms with Crippen LogP contribution in [0.15, 0.2) is 30.9 Å². The van der Waals surface area contributed by atoms with Gasteiger partial charge in [0.05, 0.1) is 12.0 Å². The minimum Gasteiger partial charge on any atom is -0.668 e.